The van der Waals surface area contributed by atoms with Crippen molar-refractivity contribution in [3.8, 4) is 5.75 Å². The number of hydrogen-bond acceptors (Lipinski definition) is 7. The smallest absolute Gasteiger partial charge is 0.410 e. The maximum Gasteiger partial charge on any atom is 0.410 e. The number of likely N-dealkylation sites (tertiary alicyclic amines) is 1. The number of amides is 5. The number of carbonyl (C=O) groups excluding carboxylic acids is 5. The number of ether oxygens (including phenoxy) is 2. The Labute approximate surface area is 216 Å². The Morgan fingerprint density at radius 2 is 1.92 bits per heavy atom. The van der Waals surface area contributed by atoms with Crippen LogP contribution in [0.1, 0.15) is 68.8 Å². The van der Waals surface area contributed by atoms with Gasteiger partial charge in [-0.2, -0.15) is 0 Å². The number of benzene rings is 1. The van der Waals surface area contributed by atoms with Crippen molar-refractivity contribution in [3.05, 3.63) is 29.3 Å². The minimum atomic E-state index is -1.00. The van der Waals surface area contributed by atoms with E-state index in [0.29, 0.717) is 35.8 Å². The van der Waals surface area contributed by atoms with Gasteiger partial charge in [0.25, 0.3) is 5.91 Å². The monoisotopic (exact) mass is 513 g/mol. The maximum atomic E-state index is 13.0. The number of rotatable bonds is 7. The molecule has 5 amide bonds. The van der Waals surface area contributed by atoms with Crippen LogP contribution in [0, 0.1) is 18.3 Å². The second-order valence-corrected chi connectivity index (χ2v) is 11.5. The third kappa shape index (κ3) is 5.94. The van der Waals surface area contributed by atoms with Gasteiger partial charge in [-0.1, -0.05) is 0 Å². The van der Waals surface area contributed by atoms with Crippen molar-refractivity contribution in [2.75, 3.05) is 19.7 Å². The lowest BCUT2D eigenvalue weighted by molar-refractivity contribution is -0.139. The molecule has 3 fully saturated rings. The van der Waals surface area contributed by atoms with Crippen LogP contribution >= 0.6 is 0 Å². The van der Waals surface area contributed by atoms with Crippen LogP contribution in [0.5, 0.6) is 5.75 Å². The van der Waals surface area contributed by atoms with Crippen molar-refractivity contribution in [1.82, 2.24) is 15.1 Å². The zero-order valence-corrected chi connectivity index (χ0v) is 21.9. The molecule has 0 bridgehead atoms. The highest BCUT2D eigenvalue weighted by Gasteiger charge is 2.54. The van der Waals surface area contributed by atoms with Gasteiger partial charge >= 0.3 is 6.09 Å². The molecule has 0 radical (unpaired) electrons. The van der Waals surface area contributed by atoms with Crippen LogP contribution in [0.15, 0.2) is 18.2 Å². The summed E-state index contributed by atoms with van der Waals surface area (Å²) in [4.78, 5) is 62.9. The van der Waals surface area contributed by atoms with E-state index >= 15 is 0 Å². The summed E-state index contributed by atoms with van der Waals surface area (Å²) < 4.78 is 11.3. The van der Waals surface area contributed by atoms with Gasteiger partial charge in [-0.05, 0) is 83.1 Å². The molecule has 1 aromatic carbocycles. The van der Waals surface area contributed by atoms with Crippen LogP contribution in [0.3, 0.4) is 0 Å². The molecule has 1 atom stereocenters. The third-order valence-corrected chi connectivity index (χ3v) is 7.26. The van der Waals surface area contributed by atoms with Crippen molar-refractivity contribution >= 4 is 30.2 Å². The van der Waals surface area contributed by atoms with Crippen LogP contribution < -0.4 is 10.1 Å². The highest BCUT2D eigenvalue weighted by molar-refractivity contribution is 6.07. The number of piperidine rings is 1. The Morgan fingerprint density at radius 3 is 2.51 bits per heavy atom. The number of aryl methyl sites for hydroxylation is 1. The SMILES string of the molecule is Cc1cc(OCCC2CC3(C2)CN(C(=O)OC(C)(C)C)C3)ccc1C(=O)N(C=O)C1CCC(=O)NC1=O. The van der Waals surface area contributed by atoms with Crippen LogP contribution in [0.2, 0.25) is 0 Å². The molecule has 37 heavy (non-hydrogen) atoms. The summed E-state index contributed by atoms with van der Waals surface area (Å²) in [5.41, 5.74) is 0.670. The normalized spacial score (nSPS) is 21.0. The van der Waals surface area contributed by atoms with E-state index in [1.54, 1.807) is 30.0 Å². The van der Waals surface area contributed by atoms with Gasteiger partial charge in [0.05, 0.1) is 6.61 Å². The molecule has 200 valence electrons. The standard InChI is InChI=1S/C27H35N3O7/c1-17-11-19(5-6-20(17)24(34)30(16-31)21-7-8-22(32)28-23(21)33)36-10-9-18-12-27(13-18)14-29(15-27)25(35)37-26(2,3)4/h5-6,11,16,18,21H,7-10,12-15H2,1-4H3,(H,28,32,33). The quantitative estimate of drug-likeness (QED) is 0.439. The number of nitrogens with zero attached hydrogens (tertiary/aromatic N) is 2. The number of hydrogen-bond donors (Lipinski definition) is 1. The van der Waals surface area contributed by atoms with Crippen LogP contribution in [-0.4, -0.2) is 71.4 Å². The van der Waals surface area contributed by atoms with Gasteiger partial charge < -0.3 is 14.4 Å². The van der Waals surface area contributed by atoms with Gasteiger partial charge in [0, 0.05) is 30.5 Å². The van der Waals surface area contributed by atoms with Crippen molar-refractivity contribution in [2.45, 2.75) is 71.4 Å². The van der Waals surface area contributed by atoms with Gasteiger partial charge in [-0.15, -0.1) is 0 Å². The molecular formula is C27H35N3O7. The molecule has 4 rings (SSSR count). The second kappa shape index (κ2) is 10.1. The number of nitrogens with one attached hydrogen (secondary N) is 1. The fourth-order valence-electron chi connectivity index (χ4n) is 5.51. The van der Waals surface area contributed by atoms with E-state index in [0.717, 1.165) is 37.3 Å². The summed E-state index contributed by atoms with van der Waals surface area (Å²) in [6.07, 6.45) is 3.33. The maximum absolute atomic E-state index is 13.0. The fourth-order valence-corrected chi connectivity index (χ4v) is 5.51. The first-order valence-corrected chi connectivity index (χ1v) is 12.7. The van der Waals surface area contributed by atoms with Gasteiger partial charge in [0.2, 0.25) is 18.2 Å². The average molecular weight is 514 g/mol. The Morgan fingerprint density at radius 1 is 1.22 bits per heavy atom. The molecule has 2 aliphatic heterocycles. The first-order valence-electron chi connectivity index (χ1n) is 12.7. The largest absolute Gasteiger partial charge is 0.494 e. The van der Waals surface area contributed by atoms with Gasteiger partial charge in [0.1, 0.15) is 17.4 Å². The Hall–Kier alpha value is -3.43. The van der Waals surface area contributed by atoms with E-state index < -0.39 is 29.4 Å². The van der Waals surface area contributed by atoms with Gasteiger partial charge in [0.15, 0.2) is 0 Å². The summed E-state index contributed by atoms with van der Waals surface area (Å²) in [7, 11) is 0. The first kappa shape index (κ1) is 26.6. The molecule has 1 N–H and O–H groups in total. The Kier molecular flexibility index (Phi) is 7.30. The summed E-state index contributed by atoms with van der Waals surface area (Å²) >= 11 is 0. The predicted molar refractivity (Wildman–Crippen MR) is 133 cm³/mol. The zero-order chi connectivity index (χ0) is 27.0. The molecule has 10 heteroatoms. The molecule has 10 nitrogen and oxygen atoms in total. The molecule has 2 saturated heterocycles. The lowest BCUT2D eigenvalue weighted by Crippen LogP contribution is -2.64. The topological polar surface area (TPSA) is 122 Å². The summed E-state index contributed by atoms with van der Waals surface area (Å²) in [6.45, 7) is 9.40. The van der Waals surface area contributed by atoms with E-state index in [1.807, 2.05) is 20.8 Å². The molecule has 1 unspecified atom stereocenters. The van der Waals surface area contributed by atoms with Crippen molar-refractivity contribution in [1.29, 1.82) is 0 Å². The highest BCUT2D eigenvalue weighted by atomic mass is 16.6. The fraction of sp³-hybridized carbons (Fsp3) is 0.593. The zero-order valence-electron chi connectivity index (χ0n) is 21.9. The number of imide groups is 2. The number of carbonyl (C=O) groups is 5. The molecule has 2 heterocycles. The molecule has 1 spiro atoms. The Balaban J connectivity index is 1.22. The van der Waals surface area contributed by atoms with E-state index in [4.69, 9.17) is 9.47 Å². The van der Waals surface area contributed by atoms with E-state index in [9.17, 15) is 24.0 Å². The minimum absolute atomic E-state index is 0.0733. The minimum Gasteiger partial charge on any atom is -0.494 e. The molecule has 0 aromatic heterocycles. The van der Waals surface area contributed by atoms with E-state index in [-0.39, 0.29) is 24.3 Å². The molecule has 1 aromatic rings. The molecule has 1 saturated carbocycles. The highest BCUT2D eigenvalue weighted by Crippen LogP contribution is 2.53. The van der Waals surface area contributed by atoms with Gasteiger partial charge in [-0.3, -0.25) is 29.4 Å². The van der Waals surface area contributed by atoms with Crippen molar-refractivity contribution < 1.29 is 33.4 Å². The summed E-state index contributed by atoms with van der Waals surface area (Å²) in [5, 5.41) is 2.17. The Bertz CT molecular complexity index is 1100. The van der Waals surface area contributed by atoms with Crippen molar-refractivity contribution in [2.24, 2.45) is 11.3 Å². The molecular weight excluding hydrogens is 478 g/mol. The average Bonchev–Trinajstić information content (AvgIpc) is 2.74. The van der Waals surface area contributed by atoms with E-state index in [1.165, 1.54) is 0 Å². The summed E-state index contributed by atoms with van der Waals surface area (Å²) in [5.74, 6) is -0.468. The third-order valence-electron chi connectivity index (χ3n) is 7.26. The molecule has 3 aliphatic rings. The first-order chi connectivity index (χ1) is 17.4. The second-order valence-electron chi connectivity index (χ2n) is 11.5. The lowest BCUT2D eigenvalue weighted by Gasteiger charge is -2.58. The lowest BCUT2D eigenvalue weighted by atomic mass is 9.57. The predicted octanol–water partition coefficient (Wildman–Crippen LogP) is 2.81. The van der Waals surface area contributed by atoms with Crippen LogP contribution in [0.25, 0.3) is 0 Å². The van der Waals surface area contributed by atoms with Crippen LogP contribution in [-0.2, 0) is 19.1 Å². The van der Waals surface area contributed by atoms with Gasteiger partial charge in [-0.25, -0.2) is 4.79 Å². The van der Waals surface area contributed by atoms with Crippen molar-refractivity contribution in [3.63, 3.8) is 0 Å². The van der Waals surface area contributed by atoms with E-state index in [2.05, 4.69) is 5.32 Å². The molecule has 1 aliphatic carbocycles. The summed E-state index contributed by atoms with van der Waals surface area (Å²) in [6, 6.07) is 4.01. The van der Waals surface area contributed by atoms with Crippen LogP contribution in [0.4, 0.5) is 4.79 Å².